The van der Waals surface area contributed by atoms with Crippen molar-refractivity contribution >= 4 is 97.9 Å². The Morgan fingerprint density at radius 2 is 1.26 bits per heavy atom. The van der Waals surface area contributed by atoms with E-state index in [4.69, 9.17) is 42.5 Å². The zero-order valence-electron chi connectivity index (χ0n) is 34.8. The molecule has 5 aromatic rings. The van der Waals surface area contributed by atoms with Crippen LogP contribution in [0.2, 0.25) is 10.0 Å². The van der Waals surface area contributed by atoms with Crippen LogP contribution in [-0.2, 0) is 59.4 Å². The van der Waals surface area contributed by atoms with Crippen molar-refractivity contribution in [2.24, 2.45) is 0 Å². The molecular weight excluding hydrogens is 1020 g/mol. The number of hydrogen-bond acceptors (Lipinski definition) is 14. The van der Waals surface area contributed by atoms with Gasteiger partial charge in [0.15, 0.2) is 0 Å². The number of sulfonamides is 1. The molecule has 0 saturated carbocycles. The van der Waals surface area contributed by atoms with E-state index >= 15 is 0 Å². The number of nitrogens with zero attached hydrogens (tertiary/aromatic N) is 1. The Kier molecular flexibility index (Phi) is 14.2. The number of amides is 2. The second kappa shape index (κ2) is 19.6. The van der Waals surface area contributed by atoms with Gasteiger partial charge in [-0.15, -0.1) is 11.3 Å². The summed E-state index contributed by atoms with van der Waals surface area (Å²) in [7, 11) is -9.85. The number of benzene rings is 4. The molecule has 0 saturated heterocycles. The predicted molar refractivity (Wildman–Crippen MR) is 240 cm³/mol. The predicted octanol–water partition coefficient (Wildman–Crippen LogP) is 4.81. The number of carbonyl (C=O) groups excluding carboxylic acids is 2. The Bertz CT molecular complexity index is 3150. The lowest BCUT2D eigenvalue weighted by molar-refractivity contribution is -0.137. The number of thiophene rings is 1. The molecule has 0 radical (unpaired) electrons. The first kappa shape index (κ1) is 50.0. The third-order valence-electron chi connectivity index (χ3n) is 10.5. The number of halogens is 3. The molecule has 360 valence electrons. The van der Waals surface area contributed by atoms with Crippen molar-refractivity contribution in [1.29, 1.82) is 5.26 Å². The molecule has 1 aromatic heterocycles. The number of nitriles is 1. The molecule has 0 spiro atoms. The summed E-state index contributed by atoms with van der Waals surface area (Å²) in [6.45, 7) is -0.670. The minimum Gasteiger partial charge on any atom is -0.491 e. The maximum absolute atomic E-state index is 14.2. The van der Waals surface area contributed by atoms with Gasteiger partial charge < -0.3 is 50.0 Å². The number of aliphatic carboxylic acids is 4. The van der Waals surface area contributed by atoms with Crippen LogP contribution in [0.15, 0.2) is 40.6 Å². The fourth-order valence-corrected chi connectivity index (χ4v) is 12.5. The molecule has 7 rings (SSSR count). The van der Waals surface area contributed by atoms with Crippen LogP contribution < -0.4 is 29.4 Å². The van der Waals surface area contributed by atoms with E-state index in [-0.39, 0.29) is 92.4 Å². The molecule has 1 unspecified atom stereocenters. The minimum absolute atomic E-state index is 0.110. The Morgan fingerprint density at radius 3 is 1.72 bits per heavy atom. The number of carboxylic acid groups (broad SMARTS) is 4. The van der Waals surface area contributed by atoms with E-state index < -0.39 is 128 Å². The summed E-state index contributed by atoms with van der Waals surface area (Å²) in [5.74, 6) is -9.92. The van der Waals surface area contributed by atoms with E-state index in [0.717, 1.165) is 18.2 Å². The molecule has 21 nitrogen and oxygen atoms in total. The van der Waals surface area contributed by atoms with E-state index in [0.29, 0.717) is 17.4 Å². The molecular formula is C42H32Cl2FN4O17PS2. The Labute approximate surface area is 401 Å². The number of hydrogen-bond donors (Lipinski definition) is 8. The molecule has 2 aliphatic heterocycles. The Hall–Kier alpha value is -6.84. The lowest BCUT2D eigenvalue weighted by Gasteiger charge is -2.27. The molecule has 1 atom stereocenters. The highest BCUT2D eigenvalue weighted by Gasteiger charge is 2.36. The summed E-state index contributed by atoms with van der Waals surface area (Å²) in [6, 6.07) is 7.50. The molecule has 2 aliphatic rings. The number of carboxylic acids is 4. The van der Waals surface area contributed by atoms with Crippen LogP contribution in [0.4, 0.5) is 4.39 Å². The molecule has 3 heterocycles. The van der Waals surface area contributed by atoms with E-state index in [1.807, 2.05) is 4.72 Å². The van der Waals surface area contributed by atoms with Crippen molar-refractivity contribution in [3.63, 3.8) is 0 Å². The first-order valence-electron chi connectivity index (χ1n) is 19.7. The number of ether oxygens (including phenoxy) is 2. The molecule has 8 N–H and O–H groups in total. The normalized spacial score (nSPS) is 14.3. The lowest BCUT2D eigenvalue weighted by Crippen LogP contribution is -2.33. The average molecular weight is 1050 g/mol. The monoisotopic (exact) mass is 1050 g/mol. The molecule has 69 heavy (non-hydrogen) atoms. The summed E-state index contributed by atoms with van der Waals surface area (Å²) in [5.41, 5.74) is -3.76. The van der Waals surface area contributed by atoms with Gasteiger partial charge in [-0.1, -0.05) is 23.2 Å². The van der Waals surface area contributed by atoms with Crippen molar-refractivity contribution in [2.45, 2.75) is 29.9 Å². The second-order valence-electron chi connectivity index (χ2n) is 15.0. The van der Waals surface area contributed by atoms with Crippen molar-refractivity contribution in [3.8, 4) is 45.6 Å². The van der Waals surface area contributed by atoms with Crippen molar-refractivity contribution in [1.82, 2.24) is 15.4 Å². The van der Waals surface area contributed by atoms with Crippen LogP contribution >= 0.6 is 42.1 Å². The maximum atomic E-state index is 14.2. The summed E-state index contributed by atoms with van der Waals surface area (Å²) < 4.78 is 73.1. The molecule has 27 heteroatoms. The van der Waals surface area contributed by atoms with Crippen molar-refractivity contribution < 1.29 is 85.5 Å². The number of nitrogens with one attached hydrogen (secondary N) is 3. The van der Waals surface area contributed by atoms with Gasteiger partial charge in [0.2, 0.25) is 0 Å². The van der Waals surface area contributed by atoms with Crippen molar-refractivity contribution in [3.05, 3.63) is 91.2 Å². The van der Waals surface area contributed by atoms with Gasteiger partial charge >= 0.3 is 31.5 Å². The molecule has 2 amide bonds. The van der Waals surface area contributed by atoms with Gasteiger partial charge in [-0.2, -0.15) is 9.98 Å². The lowest BCUT2D eigenvalue weighted by atomic mass is 9.81. The third-order valence-corrected chi connectivity index (χ3v) is 15.6. The smallest absolute Gasteiger partial charge is 0.391 e. The average Bonchev–Trinajstić information content (AvgIpc) is 3.72. The quantitative estimate of drug-likeness (QED) is 0.0615. The van der Waals surface area contributed by atoms with Crippen LogP contribution in [0.5, 0.6) is 17.2 Å². The van der Waals surface area contributed by atoms with E-state index in [1.165, 1.54) is 12.1 Å². The summed E-state index contributed by atoms with van der Waals surface area (Å²) in [4.78, 5) is 88.3. The topological polar surface area (TPSA) is 342 Å². The van der Waals surface area contributed by atoms with Crippen molar-refractivity contribution in [2.75, 3.05) is 32.6 Å². The number of fused-ring (bicyclic) bond motifs is 5. The minimum atomic E-state index is -4.97. The van der Waals surface area contributed by atoms with E-state index in [1.54, 1.807) is 6.07 Å². The second-order valence-corrected chi connectivity index (χ2v) is 20.5. The fourth-order valence-electron chi connectivity index (χ4n) is 7.77. The van der Waals surface area contributed by atoms with Gasteiger partial charge in [-0.25, -0.2) is 17.4 Å². The molecule has 0 aliphatic carbocycles. The summed E-state index contributed by atoms with van der Waals surface area (Å²) in [5, 5.41) is 53.4. The van der Waals surface area contributed by atoms with Crippen LogP contribution in [0.3, 0.4) is 0 Å². The highest BCUT2D eigenvalue weighted by molar-refractivity contribution is 7.92. The Morgan fingerprint density at radius 1 is 0.783 bits per heavy atom. The van der Waals surface area contributed by atoms with Gasteiger partial charge in [-0.05, 0) is 52.6 Å². The van der Waals surface area contributed by atoms with Gasteiger partial charge in [0.1, 0.15) is 52.8 Å². The van der Waals surface area contributed by atoms with E-state index in [9.17, 15) is 71.5 Å². The van der Waals surface area contributed by atoms with Gasteiger partial charge in [-0.3, -0.25) is 28.8 Å². The molecule has 4 aromatic carbocycles. The van der Waals surface area contributed by atoms with Crippen LogP contribution in [0, 0.1) is 17.1 Å². The zero-order chi connectivity index (χ0) is 50.3. The van der Waals surface area contributed by atoms with Crippen LogP contribution in [0.25, 0.3) is 32.3 Å². The van der Waals surface area contributed by atoms with Crippen LogP contribution in [-0.4, -0.2) is 102 Å². The third kappa shape index (κ3) is 10.3. The highest BCUT2D eigenvalue weighted by Crippen LogP contribution is 2.54. The molecule has 0 fully saturated rings. The SMILES string of the molecule is N#Cc1ccc(OP(=O)(O)CNS(=O)(=O)c2cc3c(Cl)c(-c4cc5c(CC(=O)O)c(c4CC(=O)O)C(=O)NCCO5)c(-c4cc5c(CC(=O)O)c(c4CC(=O)O)C(=O)NCCO5)c(Cl)c3s2)cc1F. The summed E-state index contributed by atoms with van der Waals surface area (Å²) >= 11 is 15.1. The van der Waals surface area contributed by atoms with E-state index in [2.05, 4.69) is 10.6 Å². The standard InChI is InChI=1S/C42H32Cl2FN4O17PS2/c43-38-25-14-33(69(62,63)49-16-67(60,61)66-18-2-1-17(15-46)26(45)7-18)68-40(25)39(44)37(20-9-28-24(13-32(56)57)35(22(20)11-30(52)53)42(59)48-4-6-65-28)36(38)19-8-27-23(12-31(54)55)34(21(19)10-29(50)51)41(58)47-3-5-64-27/h1-2,7-9,14,49H,3-6,10-13,16H2,(H,47,58)(H,48,59)(H,50,51)(H,52,53)(H,54,55)(H,56,57)(H,60,61). The fraction of sp³-hybridized carbons (Fsp3) is 0.214. The van der Waals surface area contributed by atoms with Crippen LogP contribution in [0.1, 0.15) is 48.5 Å². The Balaban J connectivity index is 1.55. The number of rotatable bonds is 16. The van der Waals surface area contributed by atoms with Gasteiger partial charge in [0.25, 0.3) is 21.8 Å². The largest absolute Gasteiger partial charge is 0.491 e. The van der Waals surface area contributed by atoms with Gasteiger partial charge in [0.05, 0.1) is 70.2 Å². The number of carbonyl (C=O) groups is 6. The molecule has 4 bridgehead atoms. The van der Waals surface area contributed by atoms with Gasteiger partial charge in [0, 0.05) is 33.7 Å². The highest BCUT2D eigenvalue weighted by atomic mass is 35.5. The zero-order valence-corrected chi connectivity index (χ0v) is 38.8. The first-order valence-corrected chi connectivity index (χ1v) is 24.6. The first-order chi connectivity index (χ1) is 32.5. The summed E-state index contributed by atoms with van der Waals surface area (Å²) in [6.07, 6.45) is -5.03. The maximum Gasteiger partial charge on any atom is 0.391 e.